The molecule has 3 aromatic rings. The van der Waals surface area contributed by atoms with Crippen LogP contribution in [0.4, 0.5) is 4.79 Å². The summed E-state index contributed by atoms with van der Waals surface area (Å²) in [6.07, 6.45) is 1.17. The molecule has 0 atom stereocenters. The Morgan fingerprint density at radius 2 is 1.88 bits per heavy atom. The lowest BCUT2D eigenvalue weighted by molar-refractivity contribution is 0.0988. The molecule has 3 aromatic carbocycles. The minimum absolute atomic E-state index is 0.385. The van der Waals surface area contributed by atoms with E-state index in [9.17, 15) is 4.79 Å². The zero-order valence-electron chi connectivity index (χ0n) is 14.4. The fourth-order valence-corrected chi connectivity index (χ4v) is 2.93. The van der Waals surface area contributed by atoms with Crippen molar-refractivity contribution in [2.75, 3.05) is 6.61 Å². The smallest absolute Gasteiger partial charge is 0.434 e. The van der Waals surface area contributed by atoms with E-state index >= 15 is 0 Å². The number of hydrogen-bond donors (Lipinski definition) is 0. The van der Waals surface area contributed by atoms with Crippen LogP contribution in [0, 0.1) is 13.8 Å². The van der Waals surface area contributed by atoms with E-state index in [1.165, 1.54) is 0 Å². The van der Waals surface area contributed by atoms with Gasteiger partial charge in [-0.3, -0.25) is 0 Å². The molecule has 0 aliphatic rings. The van der Waals surface area contributed by atoms with Gasteiger partial charge in [0.05, 0.1) is 6.61 Å². The van der Waals surface area contributed by atoms with Crippen LogP contribution in [0.15, 0.2) is 42.5 Å². The van der Waals surface area contributed by atoms with E-state index in [2.05, 4.69) is 31.2 Å². The van der Waals surface area contributed by atoms with E-state index in [0.29, 0.717) is 12.4 Å². The molecule has 0 aromatic heterocycles. The molecular weight excluding hydrogens is 300 g/mol. The van der Waals surface area contributed by atoms with E-state index in [-0.39, 0.29) is 0 Å². The van der Waals surface area contributed by atoms with Crippen LogP contribution in [0.25, 0.3) is 21.5 Å². The summed E-state index contributed by atoms with van der Waals surface area (Å²) in [4.78, 5) is 12.1. The summed E-state index contributed by atoms with van der Waals surface area (Å²) < 4.78 is 10.9. The Kier molecular flexibility index (Phi) is 4.70. The highest BCUT2D eigenvalue weighted by Gasteiger charge is 2.15. The molecule has 0 radical (unpaired) electrons. The van der Waals surface area contributed by atoms with Gasteiger partial charge in [0, 0.05) is 10.8 Å². The normalized spacial score (nSPS) is 11.0. The van der Waals surface area contributed by atoms with Crippen molar-refractivity contribution in [2.24, 2.45) is 0 Å². The molecule has 0 bridgehead atoms. The van der Waals surface area contributed by atoms with Gasteiger partial charge >= 0.3 is 6.16 Å². The van der Waals surface area contributed by atoms with Gasteiger partial charge in [-0.05, 0) is 48.7 Å². The van der Waals surface area contributed by atoms with Crippen LogP contribution in [-0.4, -0.2) is 12.8 Å². The molecule has 3 heteroatoms. The van der Waals surface area contributed by atoms with Crippen molar-refractivity contribution < 1.29 is 14.3 Å². The number of unbranched alkanes of at least 4 members (excludes halogenated alkanes) is 1. The first-order chi connectivity index (χ1) is 11.6. The van der Waals surface area contributed by atoms with Gasteiger partial charge in [0.1, 0.15) is 5.75 Å². The first-order valence-electron chi connectivity index (χ1n) is 8.37. The van der Waals surface area contributed by atoms with Crippen LogP contribution in [0.1, 0.15) is 30.9 Å². The Morgan fingerprint density at radius 1 is 1.04 bits per heavy atom. The highest BCUT2D eigenvalue weighted by atomic mass is 16.7. The molecule has 0 aliphatic heterocycles. The molecular formula is C21H22O3. The quantitative estimate of drug-likeness (QED) is 0.259. The van der Waals surface area contributed by atoms with E-state index in [0.717, 1.165) is 45.5 Å². The van der Waals surface area contributed by atoms with Crippen molar-refractivity contribution in [3.8, 4) is 5.75 Å². The second-order valence-electron chi connectivity index (χ2n) is 6.16. The fraction of sp³-hybridized carbons (Fsp3) is 0.286. The van der Waals surface area contributed by atoms with Gasteiger partial charge in [-0.2, -0.15) is 0 Å². The summed E-state index contributed by atoms with van der Waals surface area (Å²) in [6.45, 7) is 6.50. The van der Waals surface area contributed by atoms with Crippen LogP contribution < -0.4 is 4.74 Å². The minimum Gasteiger partial charge on any atom is -0.434 e. The Hall–Kier alpha value is -2.55. The van der Waals surface area contributed by atoms with Crippen LogP contribution in [0.5, 0.6) is 5.75 Å². The van der Waals surface area contributed by atoms with E-state index in [1.54, 1.807) is 0 Å². The number of carbonyl (C=O) groups excluding carboxylic acids is 1. The van der Waals surface area contributed by atoms with Crippen molar-refractivity contribution >= 4 is 27.7 Å². The molecule has 0 aliphatic carbocycles. The molecule has 0 fully saturated rings. The number of aryl methyl sites for hydroxylation is 2. The predicted molar refractivity (Wildman–Crippen MR) is 97.8 cm³/mol. The molecule has 0 amide bonds. The average Bonchev–Trinajstić information content (AvgIpc) is 2.55. The molecule has 0 N–H and O–H groups in total. The Morgan fingerprint density at radius 3 is 2.67 bits per heavy atom. The Balaban J connectivity index is 2.13. The molecule has 3 nitrogen and oxygen atoms in total. The van der Waals surface area contributed by atoms with Crippen LogP contribution in [0.2, 0.25) is 0 Å². The third-order valence-corrected chi connectivity index (χ3v) is 4.20. The van der Waals surface area contributed by atoms with Crippen LogP contribution in [0.3, 0.4) is 0 Å². The van der Waals surface area contributed by atoms with Crippen molar-refractivity contribution in [1.82, 2.24) is 0 Å². The molecule has 0 saturated carbocycles. The monoisotopic (exact) mass is 322 g/mol. The molecule has 3 rings (SSSR count). The van der Waals surface area contributed by atoms with E-state index < -0.39 is 6.16 Å². The number of carbonyl (C=O) groups is 1. The van der Waals surface area contributed by atoms with Crippen molar-refractivity contribution in [3.63, 3.8) is 0 Å². The van der Waals surface area contributed by atoms with Gasteiger partial charge in [0.25, 0.3) is 0 Å². The summed E-state index contributed by atoms with van der Waals surface area (Å²) in [5.74, 6) is 0.589. The lowest BCUT2D eigenvalue weighted by atomic mass is 9.98. The number of fused-ring (bicyclic) bond motifs is 2. The molecule has 0 saturated heterocycles. The molecule has 124 valence electrons. The Labute approximate surface area is 142 Å². The fourth-order valence-electron chi connectivity index (χ4n) is 2.93. The van der Waals surface area contributed by atoms with Crippen LogP contribution >= 0.6 is 0 Å². The highest BCUT2D eigenvalue weighted by molar-refractivity contribution is 6.07. The summed E-state index contributed by atoms with van der Waals surface area (Å²) >= 11 is 0. The zero-order valence-corrected chi connectivity index (χ0v) is 14.4. The standard InChI is InChI=1S/C21H22O3/c1-4-5-11-23-21(22)24-20-18-12-14(2)9-10-16(18)13-17-8-6-7-15(3)19(17)20/h6-10,12-13H,4-5,11H2,1-3H3. The topological polar surface area (TPSA) is 35.5 Å². The number of rotatable bonds is 4. The summed E-state index contributed by atoms with van der Waals surface area (Å²) in [7, 11) is 0. The number of ether oxygens (including phenoxy) is 2. The largest absolute Gasteiger partial charge is 0.513 e. The van der Waals surface area contributed by atoms with Gasteiger partial charge < -0.3 is 9.47 Å². The summed E-state index contributed by atoms with van der Waals surface area (Å²) in [6, 6.07) is 14.4. The van der Waals surface area contributed by atoms with E-state index in [4.69, 9.17) is 9.47 Å². The molecule has 0 spiro atoms. The van der Waals surface area contributed by atoms with Crippen molar-refractivity contribution in [1.29, 1.82) is 0 Å². The second-order valence-corrected chi connectivity index (χ2v) is 6.16. The van der Waals surface area contributed by atoms with Crippen molar-refractivity contribution in [2.45, 2.75) is 33.6 Å². The summed E-state index contributed by atoms with van der Waals surface area (Å²) in [5.41, 5.74) is 2.20. The molecule has 0 unspecified atom stereocenters. The first kappa shape index (κ1) is 16.3. The zero-order chi connectivity index (χ0) is 17.1. The van der Waals surface area contributed by atoms with Gasteiger partial charge in [0.15, 0.2) is 0 Å². The van der Waals surface area contributed by atoms with Gasteiger partial charge in [-0.25, -0.2) is 4.79 Å². The maximum Gasteiger partial charge on any atom is 0.513 e. The van der Waals surface area contributed by atoms with Crippen molar-refractivity contribution in [3.05, 3.63) is 53.6 Å². The molecule has 24 heavy (non-hydrogen) atoms. The number of benzene rings is 3. The van der Waals surface area contributed by atoms with Crippen LogP contribution in [-0.2, 0) is 4.74 Å². The van der Waals surface area contributed by atoms with Gasteiger partial charge in [0.2, 0.25) is 0 Å². The van der Waals surface area contributed by atoms with E-state index in [1.807, 2.05) is 32.0 Å². The first-order valence-corrected chi connectivity index (χ1v) is 8.37. The van der Waals surface area contributed by atoms with Gasteiger partial charge in [-0.1, -0.05) is 49.2 Å². The second kappa shape index (κ2) is 6.91. The summed E-state index contributed by atoms with van der Waals surface area (Å²) in [5, 5.41) is 4.00. The van der Waals surface area contributed by atoms with Gasteiger partial charge in [-0.15, -0.1) is 0 Å². The Bertz CT molecular complexity index is 896. The SMILES string of the molecule is CCCCOC(=O)Oc1c2cc(C)ccc2cc2cccc(C)c12. The third kappa shape index (κ3) is 3.21. The maximum atomic E-state index is 12.1. The maximum absolute atomic E-state index is 12.1. The third-order valence-electron chi connectivity index (χ3n) is 4.20. The average molecular weight is 322 g/mol. The lowest BCUT2D eigenvalue weighted by Crippen LogP contribution is -2.12. The number of hydrogen-bond acceptors (Lipinski definition) is 3. The molecule has 0 heterocycles. The predicted octanol–water partition coefficient (Wildman–Crippen LogP) is 5.93. The minimum atomic E-state index is -0.637. The lowest BCUT2D eigenvalue weighted by Gasteiger charge is -2.14. The highest BCUT2D eigenvalue weighted by Crippen LogP contribution is 2.37.